The van der Waals surface area contributed by atoms with Gasteiger partial charge in [-0.05, 0) is 54.5 Å². The van der Waals surface area contributed by atoms with E-state index in [0.29, 0.717) is 30.3 Å². The first kappa shape index (κ1) is 23.3. The second-order valence-corrected chi connectivity index (χ2v) is 8.52. The predicted molar refractivity (Wildman–Crippen MR) is 137 cm³/mol. The van der Waals surface area contributed by atoms with Crippen molar-refractivity contribution in [2.75, 3.05) is 21.3 Å². The molecule has 1 aliphatic heterocycles. The van der Waals surface area contributed by atoms with E-state index in [0.717, 1.165) is 33.9 Å². The van der Waals surface area contributed by atoms with Gasteiger partial charge < -0.3 is 23.7 Å². The fourth-order valence-corrected chi connectivity index (χ4v) is 4.54. The van der Waals surface area contributed by atoms with Gasteiger partial charge in [-0.3, -0.25) is 4.79 Å². The van der Waals surface area contributed by atoms with Gasteiger partial charge in [-0.15, -0.1) is 0 Å². The Hall–Kier alpha value is -4.46. The smallest absolute Gasteiger partial charge is 0.247 e. The molecule has 5 rings (SSSR count). The number of ether oxygens (including phenoxy) is 3. The van der Waals surface area contributed by atoms with Crippen molar-refractivity contribution in [2.24, 2.45) is 0 Å². The number of para-hydroxylation sites is 1. The van der Waals surface area contributed by atoms with Gasteiger partial charge in [0.05, 0.1) is 45.8 Å². The minimum absolute atomic E-state index is 0.0948. The molecule has 0 N–H and O–H groups in total. The minimum atomic E-state index is -0.0948. The maximum atomic E-state index is 13.1. The van der Waals surface area contributed by atoms with Crippen molar-refractivity contribution < 1.29 is 19.0 Å². The van der Waals surface area contributed by atoms with Crippen molar-refractivity contribution in [2.45, 2.75) is 20.0 Å². The lowest BCUT2D eigenvalue weighted by Gasteiger charge is -2.17. The molecule has 0 saturated heterocycles. The van der Waals surface area contributed by atoms with E-state index in [4.69, 9.17) is 19.3 Å². The van der Waals surface area contributed by atoms with Crippen LogP contribution in [0.15, 0.2) is 67.0 Å². The molecular formula is C28H28N4O4. The number of aromatic nitrogens is 3. The van der Waals surface area contributed by atoms with Crippen LogP contribution < -0.4 is 14.2 Å². The van der Waals surface area contributed by atoms with Crippen molar-refractivity contribution in [3.05, 3.63) is 89.4 Å². The average molecular weight is 485 g/mol. The number of aryl methyl sites for hydroxylation is 1. The molecule has 0 bridgehead atoms. The molecule has 0 saturated carbocycles. The zero-order chi connectivity index (χ0) is 25.2. The quantitative estimate of drug-likeness (QED) is 0.360. The first-order valence-corrected chi connectivity index (χ1v) is 11.6. The Balaban J connectivity index is 1.42. The Morgan fingerprint density at radius 2 is 1.64 bits per heavy atom. The van der Waals surface area contributed by atoms with Crippen LogP contribution in [0.25, 0.3) is 17.6 Å². The Morgan fingerprint density at radius 3 is 2.28 bits per heavy atom. The number of hydrogen-bond donors (Lipinski definition) is 0. The number of rotatable bonds is 7. The van der Waals surface area contributed by atoms with E-state index in [1.165, 1.54) is 0 Å². The van der Waals surface area contributed by atoms with Crippen molar-refractivity contribution in [3.63, 3.8) is 0 Å². The molecule has 8 nitrogen and oxygen atoms in total. The summed E-state index contributed by atoms with van der Waals surface area (Å²) in [5.74, 6) is 2.44. The summed E-state index contributed by atoms with van der Waals surface area (Å²) in [6.07, 6.45) is 7.32. The first-order valence-electron chi connectivity index (χ1n) is 11.6. The number of methoxy groups -OCH3 is 3. The standard InChI is InChI=1S/C28H28N4O4/c1-19-9-5-6-10-23(19)32-28(30-13-7-8-14-30)21-17-31(18-22(21)29-32)26(33)12-11-20-15-24(34-2)27(36-4)25(16-20)35-3/h5-16H,17-18H2,1-4H3/b12-11+. The molecule has 36 heavy (non-hydrogen) atoms. The molecule has 3 heterocycles. The van der Waals surface area contributed by atoms with Crippen LogP contribution in [-0.2, 0) is 17.9 Å². The maximum absolute atomic E-state index is 13.1. The summed E-state index contributed by atoms with van der Waals surface area (Å²) in [6, 6.07) is 15.8. The normalized spacial score (nSPS) is 12.7. The minimum Gasteiger partial charge on any atom is -0.493 e. The van der Waals surface area contributed by atoms with Crippen LogP contribution in [0.3, 0.4) is 0 Å². The van der Waals surface area contributed by atoms with Gasteiger partial charge in [0.2, 0.25) is 11.7 Å². The number of amides is 1. The third kappa shape index (κ3) is 4.11. The van der Waals surface area contributed by atoms with E-state index in [2.05, 4.69) is 23.6 Å². The largest absolute Gasteiger partial charge is 0.493 e. The average Bonchev–Trinajstić information content (AvgIpc) is 3.63. The van der Waals surface area contributed by atoms with Crippen molar-refractivity contribution in [3.8, 4) is 28.8 Å². The molecule has 2 aromatic heterocycles. The molecule has 0 radical (unpaired) electrons. The van der Waals surface area contributed by atoms with Crippen LogP contribution in [0.2, 0.25) is 0 Å². The summed E-state index contributed by atoms with van der Waals surface area (Å²) in [5.41, 5.74) is 4.87. The van der Waals surface area contributed by atoms with E-state index in [1.807, 2.05) is 41.3 Å². The Kier molecular flexibility index (Phi) is 6.25. The highest BCUT2D eigenvalue weighted by Crippen LogP contribution is 2.38. The second-order valence-electron chi connectivity index (χ2n) is 8.52. The summed E-state index contributed by atoms with van der Waals surface area (Å²) in [6.45, 7) is 3.00. The molecule has 184 valence electrons. The molecule has 0 unspecified atom stereocenters. The SMILES string of the molecule is COc1cc(/C=C/C(=O)N2Cc3nn(-c4ccccc4C)c(-n4cccc4)c3C2)cc(OC)c1OC. The molecule has 0 spiro atoms. The van der Waals surface area contributed by atoms with Crippen molar-refractivity contribution in [1.82, 2.24) is 19.2 Å². The summed E-state index contributed by atoms with van der Waals surface area (Å²) >= 11 is 0. The molecule has 2 aromatic carbocycles. The number of benzene rings is 2. The zero-order valence-electron chi connectivity index (χ0n) is 20.8. The lowest BCUT2D eigenvalue weighted by atomic mass is 10.1. The lowest BCUT2D eigenvalue weighted by Crippen LogP contribution is -2.24. The molecule has 1 amide bonds. The fraction of sp³-hybridized carbons (Fsp3) is 0.214. The molecule has 0 aliphatic carbocycles. The van der Waals surface area contributed by atoms with Crippen LogP contribution in [0.5, 0.6) is 17.2 Å². The van der Waals surface area contributed by atoms with E-state index in [9.17, 15) is 4.79 Å². The van der Waals surface area contributed by atoms with Crippen LogP contribution in [0.1, 0.15) is 22.4 Å². The molecular weight excluding hydrogens is 456 g/mol. The second kappa shape index (κ2) is 9.65. The van der Waals surface area contributed by atoms with Crippen LogP contribution in [0.4, 0.5) is 0 Å². The van der Waals surface area contributed by atoms with E-state index in [1.54, 1.807) is 50.5 Å². The summed E-state index contributed by atoms with van der Waals surface area (Å²) in [7, 11) is 4.69. The number of nitrogens with zero attached hydrogens (tertiary/aromatic N) is 4. The predicted octanol–water partition coefficient (Wildman–Crippen LogP) is 4.55. The van der Waals surface area contributed by atoms with Gasteiger partial charge in [-0.2, -0.15) is 5.10 Å². The van der Waals surface area contributed by atoms with Gasteiger partial charge in [0, 0.05) is 24.0 Å². The Bertz CT molecular complexity index is 1410. The van der Waals surface area contributed by atoms with Crippen LogP contribution >= 0.6 is 0 Å². The maximum Gasteiger partial charge on any atom is 0.247 e. The monoisotopic (exact) mass is 484 g/mol. The Labute approximate surface area is 209 Å². The highest BCUT2D eigenvalue weighted by Gasteiger charge is 2.31. The zero-order valence-corrected chi connectivity index (χ0v) is 20.8. The lowest BCUT2D eigenvalue weighted by molar-refractivity contribution is -0.126. The Morgan fingerprint density at radius 1 is 0.944 bits per heavy atom. The van der Waals surface area contributed by atoms with Gasteiger partial charge in [0.25, 0.3) is 0 Å². The highest BCUT2D eigenvalue weighted by molar-refractivity contribution is 5.92. The molecule has 8 heteroatoms. The van der Waals surface area contributed by atoms with Gasteiger partial charge in [-0.25, -0.2) is 4.68 Å². The van der Waals surface area contributed by atoms with Crippen LogP contribution in [-0.4, -0.2) is 46.5 Å². The number of carbonyl (C=O) groups is 1. The molecule has 0 fully saturated rings. The molecule has 0 atom stereocenters. The molecule has 1 aliphatic rings. The van der Waals surface area contributed by atoms with E-state index < -0.39 is 0 Å². The van der Waals surface area contributed by atoms with E-state index >= 15 is 0 Å². The number of carbonyl (C=O) groups excluding carboxylic acids is 1. The third-order valence-electron chi connectivity index (χ3n) is 6.34. The van der Waals surface area contributed by atoms with E-state index in [-0.39, 0.29) is 5.91 Å². The first-order chi connectivity index (χ1) is 17.5. The van der Waals surface area contributed by atoms with Crippen molar-refractivity contribution in [1.29, 1.82) is 0 Å². The van der Waals surface area contributed by atoms with Crippen molar-refractivity contribution >= 4 is 12.0 Å². The highest BCUT2D eigenvalue weighted by atomic mass is 16.5. The fourth-order valence-electron chi connectivity index (χ4n) is 4.54. The van der Waals surface area contributed by atoms with Gasteiger partial charge >= 0.3 is 0 Å². The van der Waals surface area contributed by atoms with Gasteiger partial charge in [0.15, 0.2) is 11.5 Å². The summed E-state index contributed by atoms with van der Waals surface area (Å²) in [5, 5.41) is 4.92. The van der Waals surface area contributed by atoms with Gasteiger partial charge in [-0.1, -0.05) is 18.2 Å². The summed E-state index contributed by atoms with van der Waals surface area (Å²) in [4.78, 5) is 14.9. The topological polar surface area (TPSA) is 70.8 Å². The van der Waals surface area contributed by atoms with Gasteiger partial charge in [0.1, 0.15) is 5.82 Å². The van der Waals surface area contributed by atoms with Crippen LogP contribution in [0, 0.1) is 6.92 Å². The molecule has 4 aromatic rings. The third-order valence-corrected chi connectivity index (χ3v) is 6.34. The number of hydrogen-bond acceptors (Lipinski definition) is 5. The summed E-state index contributed by atoms with van der Waals surface area (Å²) < 4.78 is 20.2. The number of fused-ring (bicyclic) bond motifs is 1.